The van der Waals surface area contributed by atoms with Crippen molar-refractivity contribution in [3.8, 4) is 5.75 Å². The number of methoxy groups -OCH3 is 1. The highest BCUT2D eigenvalue weighted by atomic mass is 16.5. The highest BCUT2D eigenvalue weighted by Crippen LogP contribution is 2.19. The van der Waals surface area contributed by atoms with Crippen LogP contribution in [0.2, 0.25) is 0 Å². The Morgan fingerprint density at radius 1 is 1.14 bits per heavy atom. The van der Waals surface area contributed by atoms with E-state index >= 15 is 0 Å². The molecule has 0 saturated heterocycles. The molecule has 0 atom stereocenters. The van der Waals surface area contributed by atoms with Crippen molar-refractivity contribution in [3.63, 3.8) is 0 Å². The fraction of sp³-hybridized carbons (Fsp3) is 0.261. The van der Waals surface area contributed by atoms with Crippen LogP contribution in [0.15, 0.2) is 60.8 Å². The average molecular weight is 390 g/mol. The molecule has 1 heterocycles. The van der Waals surface area contributed by atoms with E-state index in [1.54, 1.807) is 24.3 Å². The largest absolute Gasteiger partial charge is 0.496 e. The molecule has 0 aliphatic heterocycles. The fourth-order valence-electron chi connectivity index (χ4n) is 3.16. The summed E-state index contributed by atoms with van der Waals surface area (Å²) in [5, 5.41) is 3.20. The minimum atomic E-state index is -0.145. The van der Waals surface area contributed by atoms with E-state index in [0.29, 0.717) is 24.7 Å². The number of rotatable bonds is 8. The maximum absolute atomic E-state index is 13.0. The number of aromatic nitrogens is 2. The van der Waals surface area contributed by atoms with E-state index < -0.39 is 0 Å². The van der Waals surface area contributed by atoms with Gasteiger partial charge in [-0.15, -0.1) is 0 Å². The van der Waals surface area contributed by atoms with Gasteiger partial charge in [-0.3, -0.25) is 4.79 Å². The smallest absolute Gasteiger partial charge is 0.277 e. The van der Waals surface area contributed by atoms with Crippen LogP contribution in [-0.4, -0.2) is 36.1 Å². The zero-order valence-corrected chi connectivity index (χ0v) is 17.1. The van der Waals surface area contributed by atoms with Crippen LogP contribution < -0.4 is 15.0 Å². The Morgan fingerprint density at radius 3 is 2.72 bits per heavy atom. The number of hydrogen-bond donors (Lipinski definition) is 1. The maximum Gasteiger partial charge on any atom is 0.277 e. The van der Waals surface area contributed by atoms with Gasteiger partial charge < -0.3 is 15.0 Å². The monoisotopic (exact) mass is 390 g/mol. The van der Waals surface area contributed by atoms with Crippen LogP contribution in [0.1, 0.15) is 28.5 Å². The molecule has 0 bridgehead atoms. The van der Waals surface area contributed by atoms with Crippen LogP contribution in [0.4, 0.5) is 11.6 Å². The number of aryl methyl sites for hydroxylation is 1. The normalized spacial score (nSPS) is 10.4. The minimum Gasteiger partial charge on any atom is -0.496 e. The van der Waals surface area contributed by atoms with Gasteiger partial charge in [0.25, 0.3) is 5.91 Å². The highest BCUT2D eigenvalue weighted by molar-refractivity contribution is 6.04. The van der Waals surface area contributed by atoms with Crippen molar-refractivity contribution < 1.29 is 9.53 Å². The lowest BCUT2D eigenvalue weighted by atomic mass is 10.1. The number of benzene rings is 2. The first kappa shape index (κ1) is 20.3. The Bertz CT molecular complexity index is 974. The van der Waals surface area contributed by atoms with E-state index in [4.69, 9.17) is 4.74 Å². The van der Waals surface area contributed by atoms with E-state index in [1.165, 1.54) is 0 Å². The number of nitrogens with zero attached hydrogens (tertiary/aromatic N) is 3. The Kier molecular flexibility index (Phi) is 6.79. The van der Waals surface area contributed by atoms with Gasteiger partial charge in [0.2, 0.25) is 5.95 Å². The number of carbonyl (C=O) groups excluding carboxylic acids is 1. The predicted octanol–water partition coefficient (Wildman–Crippen LogP) is 4.11. The second-order valence-electron chi connectivity index (χ2n) is 6.64. The zero-order valence-electron chi connectivity index (χ0n) is 17.1. The summed E-state index contributed by atoms with van der Waals surface area (Å²) in [5.74, 6) is 1.15. The first-order valence-electron chi connectivity index (χ1n) is 9.69. The van der Waals surface area contributed by atoms with E-state index in [2.05, 4.69) is 15.3 Å². The summed E-state index contributed by atoms with van der Waals surface area (Å²) in [6.45, 7) is 5.15. The average Bonchev–Trinajstić information content (AvgIpc) is 2.75. The van der Waals surface area contributed by atoms with Gasteiger partial charge in [0.1, 0.15) is 11.4 Å². The van der Waals surface area contributed by atoms with Crippen LogP contribution in [-0.2, 0) is 6.42 Å². The molecule has 0 unspecified atom stereocenters. The molecule has 1 aromatic heterocycles. The molecular weight excluding hydrogens is 364 g/mol. The Hall–Kier alpha value is -3.41. The molecule has 1 N–H and O–H groups in total. The molecule has 1 amide bonds. The van der Waals surface area contributed by atoms with Gasteiger partial charge in [0, 0.05) is 25.0 Å². The zero-order chi connectivity index (χ0) is 20.6. The molecule has 6 heteroatoms. The second kappa shape index (κ2) is 9.68. The number of ether oxygens (including phenoxy) is 1. The lowest BCUT2D eigenvalue weighted by Gasteiger charge is -2.21. The number of carbonyl (C=O) groups is 1. The summed E-state index contributed by atoms with van der Waals surface area (Å²) in [6, 6.07) is 17.4. The minimum absolute atomic E-state index is 0.145. The van der Waals surface area contributed by atoms with Gasteiger partial charge in [-0.2, -0.15) is 0 Å². The molecule has 0 aliphatic rings. The van der Waals surface area contributed by atoms with Gasteiger partial charge >= 0.3 is 0 Å². The summed E-state index contributed by atoms with van der Waals surface area (Å²) in [6.07, 6.45) is 2.37. The molecular formula is C23H26N4O2. The van der Waals surface area contributed by atoms with Crippen molar-refractivity contribution >= 4 is 17.5 Å². The van der Waals surface area contributed by atoms with Crippen molar-refractivity contribution in [2.75, 3.05) is 30.4 Å². The van der Waals surface area contributed by atoms with Gasteiger partial charge in [0.05, 0.1) is 7.11 Å². The second-order valence-corrected chi connectivity index (χ2v) is 6.64. The van der Waals surface area contributed by atoms with Crippen molar-refractivity contribution in [1.29, 1.82) is 0 Å². The molecule has 3 aromatic rings. The predicted molar refractivity (Wildman–Crippen MR) is 116 cm³/mol. The number of anilines is 2. The molecule has 3 rings (SSSR count). The topological polar surface area (TPSA) is 67.4 Å². The summed E-state index contributed by atoms with van der Waals surface area (Å²) >= 11 is 0. The van der Waals surface area contributed by atoms with Crippen LogP contribution >= 0.6 is 0 Å². The molecule has 0 radical (unpaired) electrons. The SMILES string of the molecule is CCN(C(=O)c1ccnc(NCCc2ccccc2OC)n1)c1cccc(C)c1. The van der Waals surface area contributed by atoms with Gasteiger partial charge in [-0.05, 0) is 55.7 Å². The third-order valence-electron chi connectivity index (χ3n) is 4.62. The molecule has 0 spiro atoms. The number of para-hydroxylation sites is 1. The standard InChI is InChI=1S/C23H26N4O2/c1-4-27(19-10-7-8-17(2)16-19)22(28)20-13-15-25-23(26-20)24-14-12-18-9-5-6-11-21(18)29-3/h5-11,13,15-16H,4,12,14H2,1-3H3,(H,24,25,26). The maximum atomic E-state index is 13.0. The van der Waals surface area contributed by atoms with Crippen LogP contribution in [0.25, 0.3) is 0 Å². The fourth-order valence-corrected chi connectivity index (χ4v) is 3.16. The molecule has 150 valence electrons. The summed E-state index contributed by atoms with van der Waals surface area (Å²) in [4.78, 5) is 23.4. The van der Waals surface area contributed by atoms with Crippen molar-refractivity contribution in [2.45, 2.75) is 20.3 Å². The van der Waals surface area contributed by atoms with Gasteiger partial charge in [-0.1, -0.05) is 30.3 Å². The molecule has 0 aliphatic carbocycles. The summed E-state index contributed by atoms with van der Waals surface area (Å²) in [7, 11) is 1.66. The molecule has 29 heavy (non-hydrogen) atoms. The summed E-state index contributed by atoms with van der Waals surface area (Å²) < 4.78 is 5.38. The van der Waals surface area contributed by atoms with Crippen LogP contribution in [0, 0.1) is 6.92 Å². The molecule has 0 saturated carbocycles. The first-order valence-corrected chi connectivity index (χ1v) is 9.69. The van der Waals surface area contributed by atoms with Crippen molar-refractivity contribution in [1.82, 2.24) is 9.97 Å². The number of nitrogens with one attached hydrogen (secondary N) is 1. The first-order chi connectivity index (χ1) is 14.1. The highest BCUT2D eigenvalue weighted by Gasteiger charge is 2.18. The van der Waals surface area contributed by atoms with Crippen molar-refractivity contribution in [2.24, 2.45) is 0 Å². The van der Waals surface area contributed by atoms with Gasteiger partial charge in [0.15, 0.2) is 0 Å². The lowest BCUT2D eigenvalue weighted by Crippen LogP contribution is -2.31. The number of amides is 1. The Balaban J connectivity index is 1.69. The van der Waals surface area contributed by atoms with Crippen LogP contribution in [0.3, 0.4) is 0 Å². The van der Waals surface area contributed by atoms with E-state index in [1.807, 2.05) is 62.4 Å². The van der Waals surface area contributed by atoms with E-state index in [0.717, 1.165) is 29.0 Å². The molecule has 0 fully saturated rings. The lowest BCUT2D eigenvalue weighted by molar-refractivity contribution is 0.0983. The van der Waals surface area contributed by atoms with Gasteiger partial charge in [-0.25, -0.2) is 9.97 Å². The van der Waals surface area contributed by atoms with E-state index in [9.17, 15) is 4.79 Å². The third kappa shape index (κ3) is 5.10. The van der Waals surface area contributed by atoms with E-state index in [-0.39, 0.29) is 5.91 Å². The van der Waals surface area contributed by atoms with Crippen molar-refractivity contribution in [3.05, 3.63) is 77.6 Å². The Morgan fingerprint density at radius 2 is 1.97 bits per heavy atom. The summed E-state index contributed by atoms with van der Waals surface area (Å²) in [5.41, 5.74) is 3.44. The third-order valence-corrected chi connectivity index (χ3v) is 4.62. The number of hydrogen-bond acceptors (Lipinski definition) is 5. The molecule has 6 nitrogen and oxygen atoms in total. The Labute approximate surface area is 171 Å². The van der Waals surface area contributed by atoms with Crippen LogP contribution in [0.5, 0.6) is 5.75 Å². The molecule has 2 aromatic carbocycles. The quantitative estimate of drug-likeness (QED) is 0.627.